The lowest BCUT2D eigenvalue weighted by Crippen LogP contribution is -2.10. The van der Waals surface area contributed by atoms with Crippen molar-refractivity contribution in [2.45, 2.75) is 32.7 Å². The zero-order valence-corrected chi connectivity index (χ0v) is 14.2. The molecule has 24 heavy (non-hydrogen) atoms. The molecule has 3 rings (SSSR count). The number of nitrogens with zero attached hydrogens (tertiary/aromatic N) is 2. The minimum atomic E-state index is 0.149. The number of furan rings is 1. The summed E-state index contributed by atoms with van der Waals surface area (Å²) < 4.78 is 5.30. The van der Waals surface area contributed by atoms with Gasteiger partial charge in [-0.25, -0.2) is 9.97 Å². The molecule has 0 saturated heterocycles. The maximum Gasteiger partial charge on any atom is 0.135 e. The molecule has 0 bridgehead atoms. The molecular formula is C19H22N4O. The maximum atomic E-state index is 5.30. The highest BCUT2D eigenvalue weighted by molar-refractivity contribution is 5.59. The molecule has 124 valence electrons. The Hall–Kier alpha value is -2.82. The van der Waals surface area contributed by atoms with E-state index in [1.54, 1.807) is 6.26 Å². The second kappa shape index (κ2) is 6.74. The van der Waals surface area contributed by atoms with Gasteiger partial charge < -0.3 is 15.1 Å². The van der Waals surface area contributed by atoms with Crippen molar-refractivity contribution >= 4 is 17.3 Å². The first-order chi connectivity index (χ1) is 11.5. The summed E-state index contributed by atoms with van der Waals surface area (Å²) in [5.41, 5.74) is 2.45. The van der Waals surface area contributed by atoms with Gasteiger partial charge in [-0.05, 0) is 35.2 Å². The number of aromatic nitrogens is 2. The van der Waals surface area contributed by atoms with Gasteiger partial charge in [-0.2, -0.15) is 0 Å². The second-order valence-corrected chi connectivity index (χ2v) is 6.67. The summed E-state index contributed by atoms with van der Waals surface area (Å²) in [5, 5.41) is 6.52. The van der Waals surface area contributed by atoms with Crippen LogP contribution in [-0.4, -0.2) is 9.97 Å². The highest BCUT2D eigenvalue weighted by Crippen LogP contribution is 2.24. The molecule has 5 nitrogen and oxygen atoms in total. The largest absolute Gasteiger partial charge is 0.467 e. The van der Waals surface area contributed by atoms with Crippen LogP contribution in [0.1, 0.15) is 32.1 Å². The lowest BCUT2D eigenvalue weighted by molar-refractivity contribution is 0.518. The molecule has 0 fully saturated rings. The zero-order valence-electron chi connectivity index (χ0n) is 14.2. The Kier molecular flexibility index (Phi) is 4.51. The van der Waals surface area contributed by atoms with Crippen molar-refractivity contribution in [2.75, 3.05) is 10.6 Å². The van der Waals surface area contributed by atoms with Gasteiger partial charge in [-0.3, -0.25) is 0 Å². The molecule has 0 aliphatic rings. The molecule has 0 atom stereocenters. The van der Waals surface area contributed by atoms with Crippen molar-refractivity contribution in [3.8, 4) is 0 Å². The third-order valence-corrected chi connectivity index (χ3v) is 3.71. The molecule has 0 unspecified atom stereocenters. The molecule has 2 aromatic heterocycles. The Balaban J connectivity index is 1.65. The SMILES string of the molecule is CC(C)(C)c1ccc(Nc2cc(NCc3ccco3)ncn2)cc1. The standard InChI is InChI=1S/C19H22N4O/c1-19(2,3)14-6-8-15(9-7-14)23-18-11-17(21-13-22-18)20-12-16-5-4-10-24-16/h4-11,13H,12H2,1-3H3,(H2,20,21,22,23). The molecule has 0 aliphatic carbocycles. The lowest BCUT2D eigenvalue weighted by atomic mass is 9.87. The zero-order chi connectivity index (χ0) is 17.0. The fourth-order valence-electron chi connectivity index (χ4n) is 2.31. The Morgan fingerprint density at radius 2 is 1.75 bits per heavy atom. The molecule has 2 N–H and O–H groups in total. The molecule has 0 radical (unpaired) electrons. The monoisotopic (exact) mass is 322 g/mol. The lowest BCUT2D eigenvalue weighted by Gasteiger charge is -2.19. The molecule has 0 aliphatic heterocycles. The molecule has 0 spiro atoms. The van der Waals surface area contributed by atoms with E-state index in [0.717, 1.165) is 23.1 Å². The third kappa shape index (κ3) is 4.13. The van der Waals surface area contributed by atoms with Gasteiger partial charge in [0, 0.05) is 11.8 Å². The number of anilines is 3. The van der Waals surface area contributed by atoms with Crippen LogP contribution in [0.15, 0.2) is 59.5 Å². The van der Waals surface area contributed by atoms with E-state index < -0.39 is 0 Å². The van der Waals surface area contributed by atoms with Crippen LogP contribution in [0.5, 0.6) is 0 Å². The topological polar surface area (TPSA) is 63.0 Å². The van der Waals surface area contributed by atoms with E-state index in [1.165, 1.54) is 11.9 Å². The Morgan fingerprint density at radius 3 is 2.42 bits per heavy atom. The van der Waals surface area contributed by atoms with Crippen LogP contribution < -0.4 is 10.6 Å². The summed E-state index contributed by atoms with van der Waals surface area (Å²) in [6.45, 7) is 7.20. The first-order valence-corrected chi connectivity index (χ1v) is 7.96. The van der Waals surface area contributed by atoms with Crippen LogP contribution in [0.4, 0.5) is 17.3 Å². The van der Waals surface area contributed by atoms with Crippen LogP contribution in [0.25, 0.3) is 0 Å². The first-order valence-electron chi connectivity index (χ1n) is 7.96. The van der Waals surface area contributed by atoms with Crippen molar-refractivity contribution in [2.24, 2.45) is 0 Å². The molecule has 5 heteroatoms. The van der Waals surface area contributed by atoms with Crippen LogP contribution in [-0.2, 0) is 12.0 Å². The Morgan fingerprint density at radius 1 is 1.00 bits per heavy atom. The highest BCUT2D eigenvalue weighted by atomic mass is 16.3. The molecule has 2 heterocycles. The Labute approximate surface area is 142 Å². The van der Waals surface area contributed by atoms with E-state index in [-0.39, 0.29) is 5.41 Å². The number of hydrogen-bond acceptors (Lipinski definition) is 5. The predicted octanol–water partition coefficient (Wildman–Crippen LogP) is 4.72. The third-order valence-electron chi connectivity index (χ3n) is 3.71. The minimum absolute atomic E-state index is 0.149. The first kappa shape index (κ1) is 16.1. The second-order valence-electron chi connectivity index (χ2n) is 6.67. The van der Waals surface area contributed by atoms with E-state index in [9.17, 15) is 0 Å². The van der Waals surface area contributed by atoms with E-state index >= 15 is 0 Å². The summed E-state index contributed by atoms with van der Waals surface area (Å²) in [4.78, 5) is 8.49. The quantitative estimate of drug-likeness (QED) is 0.711. The Bertz CT molecular complexity index is 774. The highest BCUT2D eigenvalue weighted by Gasteiger charge is 2.12. The predicted molar refractivity (Wildman–Crippen MR) is 96.5 cm³/mol. The minimum Gasteiger partial charge on any atom is -0.467 e. The summed E-state index contributed by atoms with van der Waals surface area (Å²) in [6.07, 6.45) is 3.20. The van der Waals surface area contributed by atoms with Crippen molar-refractivity contribution in [1.29, 1.82) is 0 Å². The fourth-order valence-corrected chi connectivity index (χ4v) is 2.31. The average Bonchev–Trinajstić information content (AvgIpc) is 3.06. The van der Waals surface area contributed by atoms with Crippen molar-refractivity contribution in [3.63, 3.8) is 0 Å². The van der Waals surface area contributed by atoms with Gasteiger partial charge >= 0.3 is 0 Å². The van der Waals surface area contributed by atoms with Gasteiger partial charge in [0.15, 0.2) is 0 Å². The van der Waals surface area contributed by atoms with Crippen molar-refractivity contribution in [1.82, 2.24) is 9.97 Å². The molecule has 3 aromatic rings. The average molecular weight is 322 g/mol. The summed E-state index contributed by atoms with van der Waals surface area (Å²) in [7, 11) is 0. The van der Waals surface area contributed by atoms with Gasteiger partial charge in [-0.15, -0.1) is 0 Å². The normalized spacial score (nSPS) is 11.3. The van der Waals surface area contributed by atoms with Gasteiger partial charge in [0.25, 0.3) is 0 Å². The van der Waals surface area contributed by atoms with Crippen LogP contribution in [0, 0.1) is 0 Å². The van der Waals surface area contributed by atoms with E-state index in [4.69, 9.17) is 4.42 Å². The van der Waals surface area contributed by atoms with Crippen molar-refractivity contribution < 1.29 is 4.42 Å². The number of rotatable bonds is 5. The van der Waals surface area contributed by atoms with Crippen LogP contribution in [0.2, 0.25) is 0 Å². The summed E-state index contributed by atoms with van der Waals surface area (Å²) in [5.74, 6) is 2.35. The van der Waals surface area contributed by atoms with E-state index in [0.29, 0.717) is 6.54 Å². The van der Waals surface area contributed by atoms with Gasteiger partial charge in [0.1, 0.15) is 23.7 Å². The molecule has 0 amide bonds. The van der Waals surface area contributed by atoms with E-state index in [2.05, 4.69) is 65.6 Å². The smallest absolute Gasteiger partial charge is 0.135 e. The summed E-state index contributed by atoms with van der Waals surface area (Å²) in [6, 6.07) is 14.1. The maximum absolute atomic E-state index is 5.30. The number of hydrogen-bond donors (Lipinski definition) is 2. The van der Waals surface area contributed by atoms with Gasteiger partial charge in [-0.1, -0.05) is 32.9 Å². The molecule has 1 aromatic carbocycles. The fraction of sp³-hybridized carbons (Fsp3) is 0.263. The van der Waals surface area contributed by atoms with Gasteiger partial charge in [0.2, 0.25) is 0 Å². The van der Waals surface area contributed by atoms with Crippen molar-refractivity contribution in [3.05, 3.63) is 66.4 Å². The number of benzene rings is 1. The molecular weight excluding hydrogens is 300 g/mol. The number of nitrogens with one attached hydrogen (secondary N) is 2. The van der Waals surface area contributed by atoms with Gasteiger partial charge in [0.05, 0.1) is 12.8 Å². The van der Waals surface area contributed by atoms with E-state index in [1.807, 2.05) is 18.2 Å². The molecule has 0 saturated carbocycles. The van der Waals surface area contributed by atoms with Crippen LogP contribution >= 0.6 is 0 Å². The van der Waals surface area contributed by atoms with Crippen LogP contribution in [0.3, 0.4) is 0 Å². The summed E-state index contributed by atoms with van der Waals surface area (Å²) >= 11 is 0.